The van der Waals surface area contributed by atoms with Crippen LogP contribution in [0.2, 0.25) is 0 Å². The van der Waals surface area contributed by atoms with Crippen molar-refractivity contribution >= 4 is 23.1 Å². The molecule has 0 spiro atoms. The summed E-state index contributed by atoms with van der Waals surface area (Å²) in [4.78, 5) is 19.5. The molecule has 2 aromatic carbocycles. The Morgan fingerprint density at radius 3 is 2.66 bits per heavy atom. The fraction of sp³-hybridized carbons (Fsp3) is 0.440. The molecule has 32 heavy (non-hydrogen) atoms. The van der Waals surface area contributed by atoms with Crippen molar-refractivity contribution in [3.05, 3.63) is 59.9 Å². The van der Waals surface area contributed by atoms with Crippen molar-refractivity contribution in [2.45, 2.75) is 58.2 Å². The monoisotopic (exact) mass is 438 g/mol. The van der Waals surface area contributed by atoms with Crippen molar-refractivity contribution in [3.63, 3.8) is 0 Å². The minimum atomic E-state index is -0.528. The minimum absolute atomic E-state index is 0.125. The predicted octanol–water partition coefficient (Wildman–Crippen LogP) is 5.11. The Balaban J connectivity index is 1.61. The van der Waals surface area contributed by atoms with Gasteiger partial charge in [-0.1, -0.05) is 24.3 Å². The van der Waals surface area contributed by atoms with Crippen LogP contribution in [0.25, 0.3) is 11.0 Å². The van der Waals surface area contributed by atoms with E-state index in [9.17, 15) is 9.18 Å². The number of carbonyl (C=O) groups is 1. The molecule has 1 atom stereocenters. The molecular formula is C25H31FN4O2. The molecule has 1 fully saturated rings. The Kier molecular flexibility index (Phi) is 6.35. The van der Waals surface area contributed by atoms with Crippen LogP contribution >= 0.6 is 0 Å². The number of para-hydroxylation sites is 2. The average Bonchev–Trinajstić information content (AvgIpc) is 3.11. The van der Waals surface area contributed by atoms with Crippen molar-refractivity contribution in [2.24, 2.45) is 0 Å². The molecule has 4 rings (SSSR count). The molecule has 1 aliphatic rings. The normalized spacial score (nSPS) is 16.9. The van der Waals surface area contributed by atoms with Gasteiger partial charge in [-0.25, -0.2) is 14.2 Å². The lowest BCUT2D eigenvalue weighted by Crippen LogP contribution is -2.48. The first-order valence-electron chi connectivity index (χ1n) is 11.2. The van der Waals surface area contributed by atoms with E-state index in [0.29, 0.717) is 13.1 Å². The highest BCUT2D eigenvalue weighted by molar-refractivity contribution is 5.79. The number of fused-ring (bicyclic) bond motifs is 1. The Bertz CT molecular complexity index is 1070. The first kappa shape index (κ1) is 22.1. The van der Waals surface area contributed by atoms with Crippen molar-refractivity contribution in [3.8, 4) is 0 Å². The highest BCUT2D eigenvalue weighted by Crippen LogP contribution is 2.29. The van der Waals surface area contributed by atoms with Crippen molar-refractivity contribution in [1.29, 1.82) is 0 Å². The average molecular weight is 439 g/mol. The predicted molar refractivity (Wildman–Crippen MR) is 124 cm³/mol. The summed E-state index contributed by atoms with van der Waals surface area (Å²) in [5.41, 5.74) is 2.45. The third kappa shape index (κ3) is 5.21. The molecule has 1 aliphatic heterocycles. The number of alkyl carbamates (subject to hydrolysis) is 1. The van der Waals surface area contributed by atoms with Crippen LogP contribution in [0.5, 0.6) is 0 Å². The van der Waals surface area contributed by atoms with E-state index in [1.54, 1.807) is 0 Å². The summed E-state index contributed by atoms with van der Waals surface area (Å²) in [7, 11) is 0. The van der Waals surface area contributed by atoms with E-state index in [-0.39, 0.29) is 11.9 Å². The van der Waals surface area contributed by atoms with Gasteiger partial charge in [0.05, 0.1) is 17.6 Å². The van der Waals surface area contributed by atoms with E-state index >= 15 is 0 Å². The van der Waals surface area contributed by atoms with Crippen LogP contribution in [-0.2, 0) is 11.3 Å². The zero-order chi connectivity index (χ0) is 22.7. The number of rotatable bonds is 5. The van der Waals surface area contributed by atoms with Gasteiger partial charge in [0.1, 0.15) is 11.4 Å². The first-order chi connectivity index (χ1) is 15.3. The fourth-order valence-electron chi connectivity index (χ4n) is 4.20. The summed E-state index contributed by atoms with van der Waals surface area (Å²) in [6, 6.07) is 14.8. The number of halogens is 1. The summed E-state index contributed by atoms with van der Waals surface area (Å²) in [5, 5.41) is 2.94. The van der Waals surface area contributed by atoms with Crippen LogP contribution in [0, 0.1) is 5.82 Å². The van der Waals surface area contributed by atoms with Gasteiger partial charge >= 0.3 is 6.09 Å². The summed E-state index contributed by atoms with van der Waals surface area (Å²) >= 11 is 0. The van der Waals surface area contributed by atoms with Crippen LogP contribution in [-0.4, -0.2) is 40.4 Å². The Morgan fingerprint density at radius 2 is 1.91 bits per heavy atom. The van der Waals surface area contributed by atoms with Crippen molar-refractivity contribution in [1.82, 2.24) is 14.9 Å². The number of nitrogens with one attached hydrogen (secondary N) is 1. The minimum Gasteiger partial charge on any atom is -0.444 e. The quantitative estimate of drug-likeness (QED) is 0.602. The number of nitrogens with zero attached hydrogens (tertiary/aromatic N) is 3. The lowest BCUT2D eigenvalue weighted by molar-refractivity contribution is 0.0522. The molecule has 0 saturated carbocycles. The maximum Gasteiger partial charge on any atom is 0.407 e. The van der Waals surface area contributed by atoms with Crippen LogP contribution in [0.4, 0.5) is 15.1 Å². The Hall–Kier alpha value is -3.09. The molecule has 1 saturated heterocycles. The first-order valence-corrected chi connectivity index (χ1v) is 11.2. The molecule has 170 valence electrons. The maximum absolute atomic E-state index is 13.4. The standard InChI is InChI=1S/C25H31FN4O2/c1-25(2,3)32-24(31)27-16-20-8-6-7-15-29(20)23-28-21-9-4-5-10-22(21)30(23)17-18-11-13-19(26)14-12-18/h4-5,9-14,20H,6-8,15-17H2,1-3H3,(H,27,31)/t20-/m1/s1. The second kappa shape index (κ2) is 9.18. The van der Waals surface area contributed by atoms with Gasteiger partial charge < -0.3 is 19.5 Å². The number of anilines is 1. The molecule has 1 aromatic heterocycles. The molecule has 1 amide bonds. The van der Waals surface area contributed by atoms with Crippen LogP contribution in [0.3, 0.4) is 0 Å². The summed E-state index contributed by atoms with van der Waals surface area (Å²) < 4.78 is 21.0. The third-order valence-corrected chi connectivity index (χ3v) is 5.65. The van der Waals surface area contributed by atoms with Gasteiger partial charge in [-0.15, -0.1) is 0 Å². The molecule has 0 radical (unpaired) electrons. The number of imidazole rings is 1. The van der Waals surface area contributed by atoms with Crippen molar-refractivity contribution < 1.29 is 13.9 Å². The molecule has 7 heteroatoms. The molecule has 0 aliphatic carbocycles. The van der Waals surface area contributed by atoms with E-state index in [1.807, 2.05) is 51.1 Å². The van der Waals surface area contributed by atoms with Crippen LogP contribution in [0.1, 0.15) is 45.6 Å². The van der Waals surface area contributed by atoms with E-state index < -0.39 is 11.7 Å². The number of hydrogen-bond donors (Lipinski definition) is 1. The maximum atomic E-state index is 13.4. The lowest BCUT2D eigenvalue weighted by atomic mass is 10.0. The van der Waals surface area contributed by atoms with Gasteiger partial charge in [0.25, 0.3) is 0 Å². The number of piperidine rings is 1. The van der Waals surface area contributed by atoms with E-state index in [1.165, 1.54) is 12.1 Å². The summed E-state index contributed by atoms with van der Waals surface area (Å²) in [6.07, 6.45) is 2.75. The van der Waals surface area contributed by atoms with Gasteiger partial charge in [-0.3, -0.25) is 0 Å². The van der Waals surface area contributed by atoms with E-state index in [2.05, 4.69) is 20.9 Å². The molecule has 3 aromatic rings. The Morgan fingerprint density at radius 1 is 1.16 bits per heavy atom. The highest BCUT2D eigenvalue weighted by Gasteiger charge is 2.28. The SMILES string of the molecule is CC(C)(C)OC(=O)NC[C@H]1CCCCN1c1nc2ccccc2n1Cc1ccc(F)cc1. The topological polar surface area (TPSA) is 59.4 Å². The number of benzene rings is 2. The smallest absolute Gasteiger partial charge is 0.407 e. The fourth-order valence-corrected chi connectivity index (χ4v) is 4.20. The second-order valence-electron chi connectivity index (χ2n) is 9.34. The van der Waals surface area contributed by atoms with E-state index in [0.717, 1.165) is 48.4 Å². The largest absolute Gasteiger partial charge is 0.444 e. The van der Waals surface area contributed by atoms with Gasteiger partial charge in [0.2, 0.25) is 5.95 Å². The molecule has 0 bridgehead atoms. The summed E-state index contributed by atoms with van der Waals surface area (Å²) in [5.74, 6) is 0.639. The van der Waals surface area contributed by atoms with E-state index in [4.69, 9.17) is 9.72 Å². The van der Waals surface area contributed by atoms with Gasteiger partial charge in [-0.05, 0) is 69.9 Å². The molecule has 2 heterocycles. The molecule has 0 unspecified atom stereocenters. The number of amides is 1. The molecule has 1 N–H and O–H groups in total. The van der Waals surface area contributed by atoms with Gasteiger partial charge in [0, 0.05) is 19.1 Å². The number of hydrogen-bond acceptors (Lipinski definition) is 4. The molecule has 6 nitrogen and oxygen atoms in total. The van der Waals surface area contributed by atoms with Crippen LogP contribution in [0.15, 0.2) is 48.5 Å². The molecular weight excluding hydrogens is 407 g/mol. The zero-order valence-electron chi connectivity index (χ0n) is 19.0. The highest BCUT2D eigenvalue weighted by atomic mass is 19.1. The number of ether oxygens (including phenoxy) is 1. The van der Waals surface area contributed by atoms with Crippen molar-refractivity contribution in [2.75, 3.05) is 18.0 Å². The number of carbonyl (C=O) groups excluding carboxylic acids is 1. The summed E-state index contributed by atoms with van der Waals surface area (Å²) in [6.45, 7) is 7.53. The van der Waals surface area contributed by atoms with Gasteiger partial charge in [0.15, 0.2) is 0 Å². The van der Waals surface area contributed by atoms with Gasteiger partial charge in [-0.2, -0.15) is 0 Å². The number of aromatic nitrogens is 2. The third-order valence-electron chi connectivity index (χ3n) is 5.65. The second-order valence-corrected chi connectivity index (χ2v) is 9.34. The Labute approximate surface area is 188 Å². The lowest BCUT2D eigenvalue weighted by Gasteiger charge is -2.37. The zero-order valence-corrected chi connectivity index (χ0v) is 19.0. The van der Waals surface area contributed by atoms with Crippen LogP contribution < -0.4 is 10.2 Å².